The minimum absolute atomic E-state index is 0.304. The smallest absolute Gasteiger partial charge is 0.218 e. The fourth-order valence-electron chi connectivity index (χ4n) is 2.30. The lowest BCUT2D eigenvalue weighted by Crippen LogP contribution is -2.19. The summed E-state index contributed by atoms with van der Waals surface area (Å²) in [6.45, 7) is 0. The third-order valence-electron chi connectivity index (χ3n) is 3.27. The average Bonchev–Trinajstić information content (AvgIpc) is 2.45. The molecule has 0 heterocycles. The molecule has 0 aliphatic heterocycles. The first kappa shape index (κ1) is 11.8. The van der Waals surface area contributed by atoms with Crippen LogP contribution in [0.4, 0.5) is 0 Å². The lowest BCUT2D eigenvalue weighted by atomic mass is 9.99. The maximum absolute atomic E-state index is 11.6. The van der Waals surface area contributed by atoms with Gasteiger partial charge in [-0.1, -0.05) is 48.5 Å². The second-order valence-electron chi connectivity index (χ2n) is 4.46. The van der Waals surface area contributed by atoms with E-state index in [-0.39, 0.29) is 0 Å². The van der Waals surface area contributed by atoms with Crippen molar-refractivity contribution in [3.05, 3.63) is 60.2 Å². The van der Waals surface area contributed by atoms with E-state index < -0.39 is 12.1 Å². The molecule has 0 fully saturated rings. The largest absolute Gasteiger partial charge is 0.362 e. The lowest BCUT2D eigenvalue weighted by Gasteiger charge is -2.07. The molecule has 0 saturated carbocycles. The highest BCUT2D eigenvalue weighted by atomic mass is 16.5. The van der Waals surface area contributed by atoms with Crippen molar-refractivity contribution in [2.45, 2.75) is 6.29 Å². The van der Waals surface area contributed by atoms with Gasteiger partial charge < -0.3 is 10.2 Å². The molecular formula is C16H12O3. The van der Waals surface area contributed by atoms with E-state index in [4.69, 9.17) is 10.2 Å². The first-order valence-corrected chi connectivity index (χ1v) is 5.99. The molecule has 0 amide bonds. The summed E-state index contributed by atoms with van der Waals surface area (Å²) in [5.74, 6) is -0.685. The molecule has 3 rings (SSSR count). The Balaban J connectivity index is 2.31. The molecule has 2 N–H and O–H groups in total. The van der Waals surface area contributed by atoms with Gasteiger partial charge in [0.2, 0.25) is 12.1 Å². The van der Waals surface area contributed by atoms with Crippen molar-refractivity contribution in [2.24, 2.45) is 0 Å². The van der Waals surface area contributed by atoms with E-state index in [1.807, 2.05) is 42.5 Å². The number of ketones is 1. The Bertz CT molecular complexity index is 775. The standard InChI is InChI=1S/C16H12O3/c17-15(16(18)19)12-8-7-11-6-5-10-3-1-2-4-13(10)14(11)9-12/h1-9,16,18-19H. The van der Waals surface area contributed by atoms with E-state index in [2.05, 4.69) is 0 Å². The van der Waals surface area contributed by atoms with Crippen molar-refractivity contribution in [1.82, 2.24) is 0 Å². The normalized spacial score (nSPS) is 11.3. The SMILES string of the molecule is O=C(c1ccc2ccc3ccccc3c2c1)C(O)O. The molecule has 3 nitrogen and oxygen atoms in total. The van der Waals surface area contributed by atoms with E-state index in [1.165, 1.54) is 0 Å². The van der Waals surface area contributed by atoms with Crippen LogP contribution < -0.4 is 0 Å². The number of fused-ring (bicyclic) bond motifs is 3. The van der Waals surface area contributed by atoms with Gasteiger partial charge in [0.25, 0.3) is 0 Å². The van der Waals surface area contributed by atoms with Crippen molar-refractivity contribution in [3.63, 3.8) is 0 Å². The predicted octanol–water partition coefficient (Wildman–Crippen LogP) is 2.49. The van der Waals surface area contributed by atoms with Crippen LogP contribution in [0.1, 0.15) is 10.4 Å². The molecular weight excluding hydrogens is 240 g/mol. The van der Waals surface area contributed by atoms with Gasteiger partial charge in [0, 0.05) is 5.56 Å². The van der Waals surface area contributed by atoms with Crippen LogP contribution >= 0.6 is 0 Å². The molecule has 3 aromatic carbocycles. The van der Waals surface area contributed by atoms with E-state index in [1.54, 1.807) is 12.1 Å². The van der Waals surface area contributed by atoms with Crippen LogP contribution in [0.15, 0.2) is 54.6 Å². The number of hydrogen-bond acceptors (Lipinski definition) is 3. The average molecular weight is 252 g/mol. The Kier molecular flexibility index (Phi) is 2.78. The molecule has 0 unspecified atom stereocenters. The lowest BCUT2D eigenvalue weighted by molar-refractivity contribution is -0.0195. The zero-order valence-corrected chi connectivity index (χ0v) is 10.1. The van der Waals surface area contributed by atoms with Gasteiger partial charge in [-0.2, -0.15) is 0 Å². The van der Waals surface area contributed by atoms with Gasteiger partial charge in [-0.25, -0.2) is 0 Å². The Morgan fingerprint density at radius 2 is 1.47 bits per heavy atom. The fraction of sp³-hybridized carbons (Fsp3) is 0.0625. The van der Waals surface area contributed by atoms with Gasteiger partial charge in [0.1, 0.15) is 0 Å². The van der Waals surface area contributed by atoms with E-state index in [9.17, 15) is 4.79 Å². The summed E-state index contributed by atoms with van der Waals surface area (Å²) >= 11 is 0. The topological polar surface area (TPSA) is 57.5 Å². The summed E-state index contributed by atoms with van der Waals surface area (Å²) in [5.41, 5.74) is 0.304. The number of aliphatic hydroxyl groups excluding tert-OH is 1. The first-order valence-electron chi connectivity index (χ1n) is 5.99. The van der Waals surface area contributed by atoms with Gasteiger partial charge in [0.05, 0.1) is 0 Å². The highest BCUT2D eigenvalue weighted by Gasteiger charge is 2.14. The predicted molar refractivity (Wildman–Crippen MR) is 74.0 cm³/mol. The van der Waals surface area contributed by atoms with Crippen molar-refractivity contribution in [1.29, 1.82) is 0 Å². The molecule has 0 aliphatic rings. The quantitative estimate of drug-likeness (QED) is 0.418. The molecule has 0 atom stereocenters. The number of benzene rings is 3. The van der Waals surface area contributed by atoms with Gasteiger partial charge >= 0.3 is 0 Å². The molecule has 0 aliphatic carbocycles. The Hall–Kier alpha value is -2.23. The van der Waals surface area contributed by atoms with Gasteiger partial charge in [-0.15, -0.1) is 0 Å². The van der Waals surface area contributed by atoms with E-state index in [0.717, 1.165) is 21.5 Å². The van der Waals surface area contributed by atoms with Crippen molar-refractivity contribution >= 4 is 27.3 Å². The summed E-state index contributed by atoms with van der Waals surface area (Å²) in [4.78, 5) is 11.6. The number of Topliss-reactive ketones (excluding diaryl/α,β-unsaturated/α-hetero) is 1. The molecule has 94 valence electrons. The molecule has 0 bridgehead atoms. The summed E-state index contributed by atoms with van der Waals surface area (Å²) in [5, 5.41) is 22.0. The molecule has 3 heteroatoms. The number of carbonyl (C=O) groups is 1. The van der Waals surface area contributed by atoms with Crippen LogP contribution in [-0.4, -0.2) is 22.3 Å². The van der Waals surface area contributed by atoms with E-state index in [0.29, 0.717) is 5.56 Å². The first-order chi connectivity index (χ1) is 9.16. The molecule has 19 heavy (non-hydrogen) atoms. The van der Waals surface area contributed by atoms with Crippen molar-refractivity contribution < 1.29 is 15.0 Å². The highest BCUT2D eigenvalue weighted by molar-refractivity contribution is 6.10. The number of rotatable bonds is 2. The number of hydrogen-bond donors (Lipinski definition) is 2. The van der Waals surface area contributed by atoms with Crippen LogP contribution in [0.25, 0.3) is 21.5 Å². The molecule has 0 spiro atoms. The Labute approximate surface area is 109 Å². The highest BCUT2D eigenvalue weighted by Crippen LogP contribution is 2.26. The molecule has 0 saturated heterocycles. The van der Waals surface area contributed by atoms with Gasteiger partial charge in [-0.05, 0) is 27.6 Å². The summed E-state index contributed by atoms with van der Waals surface area (Å²) in [7, 11) is 0. The van der Waals surface area contributed by atoms with Crippen LogP contribution in [0.3, 0.4) is 0 Å². The molecule has 0 radical (unpaired) electrons. The van der Waals surface area contributed by atoms with Crippen molar-refractivity contribution in [3.8, 4) is 0 Å². The zero-order chi connectivity index (χ0) is 13.4. The summed E-state index contributed by atoms with van der Waals surface area (Å²) in [6.07, 6.45) is -1.97. The van der Waals surface area contributed by atoms with Crippen LogP contribution in [-0.2, 0) is 0 Å². The third-order valence-corrected chi connectivity index (χ3v) is 3.27. The second-order valence-corrected chi connectivity index (χ2v) is 4.46. The number of aliphatic hydroxyl groups is 2. The Morgan fingerprint density at radius 1 is 0.842 bits per heavy atom. The van der Waals surface area contributed by atoms with Crippen LogP contribution in [0.5, 0.6) is 0 Å². The van der Waals surface area contributed by atoms with Crippen LogP contribution in [0, 0.1) is 0 Å². The Morgan fingerprint density at radius 3 is 2.21 bits per heavy atom. The number of carbonyl (C=O) groups excluding carboxylic acids is 1. The molecule has 0 aromatic heterocycles. The maximum atomic E-state index is 11.6. The maximum Gasteiger partial charge on any atom is 0.218 e. The summed E-state index contributed by atoms with van der Waals surface area (Å²) in [6, 6.07) is 17.0. The minimum atomic E-state index is -1.97. The fourth-order valence-corrected chi connectivity index (χ4v) is 2.30. The van der Waals surface area contributed by atoms with Gasteiger partial charge in [0.15, 0.2) is 0 Å². The third kappa shape index (κ3) is 1.99. The minimum Gasteiger partial charge on any atom is -0.362 e. The second kappa shape index (κ2) is 4.46. The summed E-state index contributed by atoms with van der Waals surface area (Å²) < 4.78 is 0. The molecule has 3 aromatic rings. The van der Waals surface area contributed by atoms with Crippen LogP contribution in [0.2, 0.25) is 0 Å². The van der Waals surface area contributed by atoms with Gasteiger partial charge in [-0.3, -0.25) is 4.79 Å². The zero-order valence-electron chi connectivity index (χ0n) is 10.1. The monoisotopic (exact) mass is 252 g/mol. The van der Waals surface area contributed by atoms with E-state index >= 15 is 0 Å². The van der Waals surface area contributed by atoms with Crippen molar-refractivity contribution in [2.75, 3.05) is 0 Å².